The number of benzene rings is 1. The molecule has 0 saturated heterocycles. The fraction of sp³-hybridized carbons (Fsp3) is 0.538. The Kier molecular flexibility index (Phi) is 2.95. The number of fused-ring (bicyclic) bond motifs is 1. The van der Waals surface area contributed by atoms with Crippen molar-refractivity contribution in [2.24, 2.45) is 5.41 Å². The average molecular weight is 222 g/mol. The van der Waals surface area contributed by atoms with Crippen molar-refractivity contribution < 1.29 is 14.2 Å². The number of ether oxygens (including phenoxy) is 3. The van der Waals surface area contributed by atoms with Gasteiger partial charge in [-0.2, -0.15) is 0 Å². The molecule has 0 spiro atoms. The maximum Gasteiger partial charge on any atom is 0.231 e. The van der Waals surface area contributed by atoms with Crippen LogP contribution in [0.15, 0.2) is 18.2 Å². The summed E-state index contributed by atoms with van der Waals surface area (Å²) in [5.41, 5.74) is 0.302. The SMILES string of the molecule is CC(C)(C)CCOc1ccc2c(c1)OCO2. The highest BCUT2D eigenvalue weighted by molar-refractivity contribution is 5.46. The van der Waals surface area contributed by atoms with E-state index in [0.717, 1.165) is 30.3 Å². The van der Waals surface area contributed by atoms with E-state index in [1.54, 1.807) is 0 Å². The molecule has 0 aromatic heterocycles. The van der Waals surface area contributed by atoms with E-state index in [4.69, 9.17) is 14.2 Å². The van der Waals surface area contributed by atoms with Gasteiger partial charge >= 0.3 is 0 Å². The second-order valence-corrected chi connectivity index (χ2v) is 5.17. The molecule has 1 heterocycles. The van der Waals surface area contributed by atoms with Gasteiger partial charge in [0.15, 0.2) is 11.5 Å². The Hall–Kier alpha value is -1.38. The summed E-state index contributed by atoms with van der Waals surface area (Å²) in [6.45, 7) is 7.64. The van der Waals surface area contributed by atoms with Gasteiger partial charge in [0.1, 0.15) is 5.75 Å². The van der Waals surface area contributed by atoms with Crippen LogP contribution in [0.1, 0.15) is 27.2 Å². The van der Waals surface area contributed by atoms with E-state index in [2.05, 4.69) is 20.8 Å². The highest BCUT2D eigenvalue weighted by Gasteiger charge is 2.14. The molecule has 0 unspecified atom stereocenters. The Morgan fingerprint density at radius 2 is 1.94 bits per heavy atom. The Labute approximate surface area is 96.3 Å². The van der Waals surface area contributed by atoms with Crippen molar-refractivity contribution in [2.75, 3.05) is 13.4 Å². The molecule has 88 valence electrons. The van der Waals surface area contributed by atoms with E-state index in [0.29, 0.717) is 12.2 Å². The third kappa shape index (κ3) is 2.81. The topological polar surface area (TPSA) is 27.7 Å². The largest absolute Gasteiger partial charge is 0.493 e. The first-order valence-electron chi connectivity index (χ1n) is 5.57. The van der Waals surface area contributed by atoms with Crippen molar-refractivity contribution >= 4 is 0 Å². The van der Waals surface area contributed by atoms with E-state index in [9.17, 15) is 0 Å². The van der Waals surface area contributed by atoms with Crippen LogP contribution in [0.2, 0.25) is 0 Å². The molecule has 1 aromatic rings. The van der Waals surface area contributed by atoms with Gasteiger partial charge in [-0.05, 0) is 24.0 Å². The molecule has 16 heavy (non-hydrogen) atoms. The molecule has 1 aliphatic heterocycles. The minimum atomic E-state index is 0.302. The van der Waals surface area contributed by atoms with Crippen molar-refractivity contribution in [3.05, 3.63) is 18.2 Å². The minimum Gasteiger partial charge on any atom is -0.493 e. The summed E-state index contributed by atoms with van der Waals surface area (Å²) in [5.74, 6) is 2.41. The third-order valence-electron chi connectivity index (χ3n) is 2.46. The zero-order valence-electron chi connectivity index (χ0n) is 10.1. The zero-order valence-corrected chi connectivity index (χ0v) is 10.1. The van der Waals surface area contributed by atoms with Gasteiger partial charge in [0.05, 0.1) is 6.61 Å². The molecule has 0 N–H and O–H groups in total. The van der Waals surface area contributed by atoms with Crippen molar-refractivity contribution in [3.63, 3.8) is 0 Å². The van der Waals surface area contributed by atoms with Gasteiger partial charge in [-0.3, -0.25) is 0 Å². The van der Waals surface area contributed by atoms with Gasteiger partial charge in [0.2, 0.25) is 6.79 Å². The fourth-order valence-corrected chi connectivity index (χ4v) is 1.44. The summed E-state index contributed by atoms with van der Waals surface area (Å²) < 4.78 is 16.2. The molecule has 0 atom stereocenters. The quantitative estimate of drug-likeness (QED) is 0.785. The van der Waals surface area contributed by atoms with Crippen LogP contribution in [-0.4, -0.2) is 13.4 Å². The third-order valence-corrected chi connectivity index (χ3v) is 2.46. The molecular weight excluding hydrogens is 204 g/mol. The molecule has 1 aromatic carbocycles. The van der Waals surface area contributed by atoms with Crippen molar-refractivity contribution in [2.45, 2.75) is 27.2 Å². The van der Waals surface area contributed by atoms with Gasteiger partial charge < -0.3 is 14.2 Å². The van der Waals surface area contributed by atoms with Crippen LogP contribution in [0.25, 0.3) is 0 Å². The number of hydrogen-bond acceptors (Lipinski definition) is 3. The van der Waals surface area contributed by atoms with Crippen LogP contribution in [0, 0.1) is 5.41 Å². The van der Waals surface area contributed by atoms with Crippen molar-refractivity contribution in [1.82, 2.24) is 0 Å². The van der Waals surface area contributed by atoms with E-state index in [1.807, 2.05) is 18.2 Å². The first-order valence-corrected chi connectivity index (χ1v) is 5.57. The summed E-state index contributed by atoms with van der Waals surface area (Å²) in [4.78, 5) is 0. The maximum atomic E-state index is 5.67. The lowest BCUT2D eigenvalue weighted by atomic mass is 9.93. The van der Waals surface area contributed by atoms with Crippen molar-refractivity contribution in [1.29, 1.82) is 0 Å². The Balaban J connectivity index is 1.91. The van der Waals surface area contributed by atoms with Gasteiger partial charge in [0, 0.05) is 6.07 Å². The van der Waals surface area contributed by atoms with E-state index in [1.165, 1.54) is 0 Å². The van der Waals surface area contributed by atoms with E-state index >= 15 is 0 Å². The summed E-state index contributed by atoms with van der Waals surface area (Å²) in [7, 11) is 0. The Morgan fingerprint density at radius 1 is 1.19 bits per heavy atom. The van der Waals surface area contributed by atoms with Crippen LogP contribution in [0.3, 0.4) is 0 Å². The highest BCUT2D eigenvalue weighted by atomic mass is 16.7. The monoisotopic (exact) mass is 222 g/mol. The van der Waals surface area contributed by atoms with Gasteiger partial charge in [-0.1, -0.05) is 20.8 Å². The second-order valence-electron chi connectivity index (χ2n) is 5.17. The van der Waals surface area contributed by atoms with Crippen LogP contribution in [0.4, 0.5) is 0 Å². The first kappa shape index (κ1) is 11.1. The lowest BCUT2D eigenvalue weighted by Gasteiger charge is -2.18. The molecule has 2 rings (SSSR count). The summed E-state index contributed by atoms with van der Waals surface area (Å²) in [6.07, 6.45) is 1.03. The van der Waals surface area contributed by atoms with E-state index < -0.39 is 0 Å². The first-order chi connectivity index (χ1) is 7.54. The molecule has 0 fully saturated rings. The maximum absolute atomic E-state index is 5.67. The standard InChI is InChI=1S/C13H18O3/c1-13(2,3)6-7-14-10-4-5-11-12(8-10)16-9-15-11/h4-5,8H,6-7,9H2,1-3H3. The smallest absolute Gasteiger partial charge is 0.231 e. The highest BCUT2D eigenvalue weighted by Crippen LogP contribution is 2.35. The van der Waals surface area contributed by atoms with Crippen LogP contribution in [0.5, 0.6) is 17.2 Å². The Bertz CT molecular complexity index is 366. The molecule has 0 amide bonds. The van der Waals surface area contributed by atoms with Crippen molar-refractivity contribution in [3.8, 4) is 17.2 Å². The predicted molar refractivity (Wildman–Crippen MR) is 62.1 cm³/mol. The van der Waals surface area contributed by atoms with Gasteiger partial charge in [-0.15, -0.1) is 0 Å². The normalized spacial score (nSPS) is 13.9. The van der Waals surface area contributed by atoms with Crippen LogP contribution < -0.4 is 14.2 Å². The molecule has 0 radical (unpaired) electrons. The summed E-state index contributed by atoms with van der Waals surface area (Å²) >= 11 is 0. The molecule has 1 aliphatic rings. The lowest BCUT2D eigenvalue weighted by Crippen LogP contribution is -2.11. The molecule has 3 heteroatoms. The van der Waals surface area contributed by atoms with Crippen LogP contribution >= 0.6 is 0 Å². The van der Waals surface area contributed by atoms with Crippen LogP contribution in [-0.2, 0) is 0 Å². The number of rotatable bonds is 3. The lowest BCUT2D eigenvalue weighted by molar-refractivity contribution is 0.173. The molecule has 0 aliphatic carbocycles. The van der Waals surface area contributed by atoms with Gasteiger partial charge in [-0.25, -0.2) is 0 Å². The molecule has 0 bridgehead atoms. The summed E-state index contributed by atoms with van der Waals surface area (Å²) in [5, 5.41) is 0. The summed E-state index contributed by atoms with van der Waals surface area (Å²) in [6, 6.07) is 5.68. The molecule has 0 saturated carbocycles. The Morgan fingerprint density at radius 3 is 2.69 bits per heavy atom. The fourth-order valence-electron chi connectivity index (χ4n) is 1.44. The zero-order chi connectivity index (χ0) is 11.6. The number of hydrogen-bond donors (Lipinski definition) is 0. The average Bonchev–Trinajstić information content (AvgIpc) is 2.62. The predicted octanol–water partition coefficient (Wildman–Crippen LogP) is 3.23. The minimum absolute atomic E-state index is 0.302. The molecule has 3 nitrogen and oxygen atoms in total. The van der Waals surface area contributed by atoms with E-state index in [-0.39, 0.29) is 0 Å². The molecular formula is C13H18O3. The second kappa shape index (κ2) is 4.24. The van der Waals surface area contributed by atoms with Gasteiger partial charge in [0.25, 0.3) is 0 Å².